The molecule has 11 heteroatoms. The van der Waals surface area contributed by atoms with E-state index < -0.39 is 21.9 Å². The van der Waals surface area contributed by atoms with Crippen LogP contribution >= 0.6 is 15.6 Å². The number of rotatable bonds is 12. The molecule has 9 nitrogen and oxygen atoms in total. The smallest absolute Gasteiger partial charge is 0.386 e. The molecule has 0 aliphatic rings. The third-order valence-electron chi connectivity index (χ3n) is 4.02. The number of phosphoric ester groups is 2. The van der Waals surface area contributed by atoms with Crippen LogP contribution in [0.15, 0.2) is 91.0 Å². The number of phosphoric acid groups is 2. The Hall–Kier alpha value is -2.64. The molecule has 1 unspecified atom stereocenters. The van der Waals surface area contributed by atoms with Gasteiger partial charge in [0.2, 0.25) is 0 Å². The molecule has 0 aliphatic heterocycles. The van der Waals surface area contributed by atoms with Gasteiger partial charge in [0, 0.05) is 6.61 Å². The molecule has 2 N–H and O–H groups in total. The Labute approximate surface area is 205 Å². The fourth-order valence-electron chi connectivity index (χ4n) is 2.50. The summed E-state index contributed by atoms with van der Waals surface area (Å²) in [5.41, 5.74) is 0. The first-order valence-electron chi connectivity index (χ1n) is 10.9. The van der Waals surface area contributed by atoms with Crippen LogP contribution in [-0.4, -0.2) is 22.7 Å². The second-order valence-electron chi connectivity index (χ2n) is 7.05. The summed E-state index contributed by atoms with van der Waals surface area (Å²) >= 11 is 0. The molecule has 0 aliphatic carbocycles. The molecule has 3 rings (SSSR count). The minimum Gasteiger partial charge on any atom is -0.386 e. The molecule has 0 fully saturated rings. The Balaban J connectivity index is 0.000000307. The van der Waals surface area contributed by atoms with Crippen molar-refractivity contribution in [2.45, 2.75) is 33.0 Å². The highest BCUT2D eigenvalue weighted by atomic mass is 31.2. The normalized spacial score (nSPS) is 12.1. The Morgan fingerprint density at radius 3 is 1.40 bits per heavy atom. The lowest BCUT2D eigenvalue weighted by Crippen LogP contribution is -2.12. The predicted octanol–water partition coefficient (Wildman–Crippen LogP) is 6.59. The largest absolute Gasteiger partial charge is 0.647 e. The van der Waals surface area contributed by atoms with Crippen molar-refractivity contribution in [3.8, 4) is 17.2 Å². The van der Waals surface area contributed by atoms with Gasteiger partial charge in [0.05, 0.1) is 0 Å². The molecule has 1 atom stereocenters. The lowest BCUT2D eigenvalue weighted by Gasteiger charge is -2.19. The molecule has 0 radical (unpaired) electrons. The molecule has 3 aromatic carbocycles. The third-order valence-corrected chi connectivity index (χ3v) is 5.89. The van der Waals surface area contributed by atoms with Crippen molar-refractivity contribution >= 4 is 15.6 Å². The number of unbranched alkanes of at least 4 members (excludes halogenated alkanes) is 1. The Morgan fingerprint density at radius 1 is 0.714 bits per heavy atom. The summed E-state index contributed by atoms with van der Waals surface area (Å²) in [6.45, 7) is 3.91. The molecule has 0 heterocycles. The van der Waals surface area contributed by atoms with E-state index >= 15 is 0 Å². The van der Waals surface area contributed by atoms with Crippen LogP contribution in [0.2, 0.25) is 0 Å². The number of hydrogen-bond acceptors (Lipinski definition) is 7. The Kier molecular flexibility index (Phi) is 12.0. The second-order valence-corrected chi connectivity index (χ2v) is 9.68. The van der Waals surface area contributed by atoms with Gasteiger partial charge >= 0.3 is 15.6 Å². The average molecular weight is 524 g/mol. The van der Waals surface area contributed by atoms with Crippen LogP contribution in [-0.2, 0) is 18.4 Å². The fourth-order valence-corrected chi connectivity index (χ4v) is 4.20. The number of benzene rings is 3. The van der Waals surface area contributed by atoms with E-state index in [1.54, 1.807) is 72.8 Å². The van der Waals surface area contributed by atoms with E-state index in [0.717, 1.165) is 12.8 Å². The van der Waals surface area contributed by atoms with Crippen LogP contribution < -0.4 is 13.6 Å². The molecule has 0 aromatic heterocycles. The van der Waals surface area contributed by atoms with Crippen molar-refractivity contribution in [2.75, 3.05) is 6.61 Å². The number of hydrogen-bond donors (Lipinski definition) is 2. The van der Waals surface area contributed by atoms with Crippen LogP contribution in [0.4, 0.5) is 0 Å². The van der Waals surface area contributed by atoms with Gasteiger partial charge in [-0.15, -0.1) is 0 Å². The monoisotopic (exact) mass is 524 g/mol. The van der Waals surface area contributed by atoms with Crippen molar-refractivity contribution in [3.63, 3.8) is 0 Å². The zero-order valence-electron chi connectivity index (χ0n) is 19.5. The first-order chi connectivity index (χ1) is 16.7. The van der Waals surface area contributed by atoms with Crippen molar-refractivity contribution in [1.82, 2.24) is 0 Å². The molecule has 0 spiro atoms. The average Bonchev–Trinajstić information content (AvgIpc) is 2.80. The van der Waals surface area contributed by atoms with Gasteiger partial charge in [-0.1, -0.05) is 67.9 Å². The molecule has 35 heavy (non-hydrogen) atoms. The van der Waals surface area contributed by atoms with Crippen LogP contribution in [0, 0.1) is 0 Å². The Morgan fingerprint density at radius 2 is 1.09 bits per heavy atom. The minimum absolute atomic E-state index is 0.405. The Bertz CT molecular complexity index is 952. The highest BCUT2D eigenvalue weighted by molar-refractivity contribution is 7.49. The van der Waals surface area contributed by atoms with Crippen molar-refractivity contribution in [3.05, 3.63) is 91.0 Å². The van der Waals surface area contributed by atoms with Gasteiger partial charge in [0.1, 0.15) is 17.2 Å². The number of ether oxygens (including phenoxy) is 1. The van der Waals surface area contributed by atoms with Gasteiger partial charge in [-0.05, 0) is 49.7 Å². The van der Waals surface area contributed by atoms with E-state index in [1.165, 1.54) is 6.92 Å². The summed E-state index contributed by atoms with van der Waals surface area (Å²) in [6.07, 6.45) is 0.981. The van der Waals surface area contributed by atoms with Crippen LogP contribution in [0.1, 0.15) is 26.7 Å². The van der Waals surface area contributed by atoms with Crippen LogP contribution in [0.25, 0.3) is 0 Å². The highest BCUT2D eigenvalue weighted by Crippen LogP contribution is 2.49. The summed E-state index contributed by atoms with van der Waals surface area (Å²) in [7, 11) is -8.28. The summed E-state index contributed by atoms with van der Waals surface area (Å²) in [4.78, 5) is 16.7. The fraction of sp³-hybridized carbons (Fsp3) is 0.250. The molecule has 0 saturated carbocycles. The zero-order chi connectivity index (χ0) is 25.6. The van der Waals surface area contributed by atoms with Gasteiger partial charge in [-0.2, -0.15) is 4.57 Å². The van der Waals surface area contributed by atoms with Gasteiger partial charge in [0.15, 0.2) is 6.29 Å². The highest BCUT2D eigenvalue weighted by Gasteiger charge is 2.33. The summed E-state index contributed by atoms with van der Waals surface area (Å²) in [5, 5.41) is 0. The lowest BCUT2D eigenvalue weighted by atomic mass is 10.3. The summed E-state index contributed by atoms with van der Waals surface area (Å²) in [6, 6.07) is 26.4. The second kappa shape index (κ2) is 14.7. The van der Waals surface area contributed by atoms with Crippen molar-refractivity contribution in [2.24, 2.45) is 0 Å². The number of para-hydroxylation sites is 3. The van der Waals surface area contributed by atoms with Gasteiger partial charge in [0.25, 0.3) is 0 Å². The minimum atomic E-state index is -4.40. The maximum atomic E-state index is 13.1. The van der Waals surface area contributed by atoms with Gasteiger partial charge in [-0.25, -0.2) is 4.57 Å². The summed E-state index contributed by atoms with van der Waals surface area (Å²) in [5.74, 6) is 1.22. The lowest BCUT2D eigenvalue weighted by molar-refractivity contribution is -0.0800. The molecular formula is C24H30O9P2. The molecule has 0 amide bonds. The SMILES string of the molecule is CCCCOC(C)OP(=O)(O)O.O=P(Oc1ccccc1)(Oc1ccccc1)Oc1ccccc1. The predicted molar refractivity (Wildman–Crippen MR) is 132 cm³/mol. The van der Waals surface area contributed by atoms with Crippen LogP contribution in [0.3, 0.4) is 0 Å². The van der Waals surface area contributed by atoms with Gasteiger partial charge in [-0.3, -0.25) is 4.52 Å². The van der Waals surface area contributed by atoms with Gasteiger partial charge < -0.3 is 28.1 Å². The van der Waals surface area contributed by atoms with E-state index in [-0.39, 0.29) is 0 Å². The molecule has 0 bridgehead atoms. The van der Waals surface area contributed by atoms with E-state index in [9.17, 15) is 9.13 Å². The van der Waals surface area contributed by atoms with E-state index in [0.29, 0.717) is 23.9 Å². The van der Waals surface area contributed by atoms with Crippen LogP contribution in [0.5, 0.6) is 17.2 Å². The van der Waals surface area contributed by atoms with Crippen molar-refractivity contribution < 1.29 is 41.7 Å². The first-order valence-corrected chi connectivity index (χ1v) is 13.9. The maximum absolute atomic E-state index is 13.1. The van der Waals surface area contributed by atoms with E-state index in [2.05, 4.69) is 4.52 Å². The molecule has 0 saturated heterocycles. The molecule has 190 valence electrons. The maximum Gasteiger partial charge on any atom is 0.647 e. The quantitative estimate of drug-likeness (QED) is 0.154. The van der Waals surface area contributed by atoms with Crippen molar-refractivity contribution in [1.29, 1.82) is 0 Å². The molecular weight excluding hydrogens is 494 g/mol. The summed E-state index contributed by atoms with van der Waals surface area (Å²) < 4.78 is 49.1. The zero-order valence-corrected chi connectivity index (χ0v) is 21.3. The molecule has 3 aromatic rings. The van der Waals surface area contributed by atoms with E-state index in [4.69, 9.17) is 28.1 Å². The standard InChI is InChI=1S/C18H15O4P.C6H15O5P/c19-23(20-16-10-4-1-5-11-16,21-17-12-6-2-7-13-17)22-18-14-8-3-9-15-18;1-3-4-5-10-6(2)11-12(7,8)9/h1-15H;6H,3-5H2,1-2H3,(H2,7,8,9). The first kappa shape index (κ1) is 28.6. The third kappa shape index (κ3) is 12.6. The van der Waals surface area contributed by atoms with E-state index in [1.807, 2.05) is 25.1 Å². The topological polar surface area (TPSA) is 121 Å².